The maximum Gasteiger partial charge on any atom is 0.220 e. The number of thiophene rings is 1. The van der Waals surface area contributed by atoms with Crippen LogP contribution in [0.1, 0.15) is 18.4 Å². The molecule has 0 fully saturated rings. The zero-order chi connectivity index (χ0) is 14.9. The van der Waals surface area contributed by atoms with E-state index >= 15 is 0 Å². The fraction of sp³-hybridized carbons (Fsp3) is 0.353. The summed E-state index contributed by atoms with van der Waals surface area (Å²) >= 11 is 1.68. The summed E-state index contributed by atoms with van der Waals surface area (Å²) in [6, 6.07) is 12.4. The zero-order valence-corrected chi connectivity index (χ0v) is 13.2. The van der Waals surface area contributed by atoms with Crippen LogP contribution in [-0.4, -0.2) is 26.0 Å². The first-order valence-electron chi connectivity index (χ1n) is 7.29. The van der Waals surface area contributed by atoms with Crippen molar-refractivity contribution in [2.24, 2.45) is 0 Å². The van der Waals surface area contributed by atoms with Crippen molar-refractivity contribution in [3.8, 4) is 0 Å². The Hall–Kier alpha value is -1.81. The van der Waals surface area contributed by atoms with Crippen LogP contribution >= 0.6 is 11.3 Å². The van der Waals surface area contributed by atoms with Gasteiger partial charge in [0.1, 0.15) is 0 Å². The van der Waals surface area contributed by atoms with Crippen molar-refractivity contribution < 1.29 is 4.79 Å². The van der Waals surface area contributed by atoms with Gasteiger partial charge in [0, 0.05) is 32.2 Å². The van der Waals surface area contributed by atoms with Gasteiger partial charge in [-0.15, -0.1) is 0 Å². The van der Waals surface area contributed by atoms with E-state index in [-0.39, 0.29) is 5.91 Å². The standard InChI is InChI=1S/C17H22N2OS/c1-19(16-6-3-2-4-7-16)12-5-11-18-17(20)9-8-15-10-13-21-14-15/h2-4,6-7,10,13-14H,5,8-9,11-12H2,1H3,(H,18,20). The smallest absolute Gasteiger partial charge is 0.220 e. The van der Waals surface area contributed by atoms with Crippen molar-refractivity contribution in [3.63, 3.8) is 0 Å². The number of para-hydroxylation sites is 1. The van der Waals surface area contributed by atoms with Gasteiger partial charge in [0.2, 0.25) is 5.91 Å². The Balaban J connectivity index is 1.58. The molecule has 0 saturated carbocycles. The number of anilines is 1. The first-order chi connectivity index (χ1) is 10.3. The van der Waals surface area contributed by atoms with Gasteiger partial charge >= 0.3 is 0 Å². The highest BCUT2D eigenvalue weighted by atomic mass is 32.1. The summed E-state index contributed by atoms with van der Waals surface area (Å²) in [5.41, 5.74) is 2.46. The van der Waals surface area contributed by atoms with Crippen molar-refractivity contribution in [1.82, 2.24) is 5.32 Å². The highest BCUT2D eigenvalue weighted by Gasteiger charge is 2.03. The fourth-order valence-electron chi connectivity index (χ4n) is 2.14. The van der Waals surface area contributed by atoms with Crippen molar-refractivity contribution in [3.05, 3.63) is 52.7 Å². The third kappa shape index (κ3) is 5.60. The van der Waals surface area contributed by atoms with Crippen molar-refractivity contribution in [1.29, 1.82) is 0 Å². The van der Waals surface area contributed by atoms with Crippen molar-refractivity contribution >= 4 is 22.9 Å². The van der Waals surface area contributed by atoms with Crippen LogP contribution in [0.3, 0.4) is 0 Å². The third-order valence-corrected chi connectivity index (χ3v) is 4.14. The Labute approximate surface area is 130 Å². The summed E-state index contributed by atoms with van der Waals surface area (Å²) in [7, 11) is 2.08. The monoisotopic (exact) mass is 302 g/mol. The lowest BCUT2D eigenvalue weighted by Crippen LogP contribution is -2.28. The summed E-state index contributed by atoms with van der Waals surface area (Å²) in [5, 5.41) is 7.14. The van der Waals surface area contributed by atoms with E-state index in [0.29, 0.717) is 6.42 Å². The molecule has 1 N–H and O–H groups in total. The first kappa shape index (κ1) is 15.6. The number of carbonyl (C=O) groups excluding carboxylic acids is 1. The molecule has 1 aromatic carbocycles. The maximum absolute atomic E-state index is 11.7. The zero-order valence-electron chi connectivity index (χ0n) is 12.4. The van der Waals surface area contributed by atoms with E-state index < -0.39 is 0 Å². The number of benzene rings is 1. The number of nitrogens with one attached hydrogen (secondary N) is 1. The van der Waals surface area contributed by atoms with Gasteiger partial charge in [-0.25, -0.2) is 0 Å². The molecule has 112 valence electrons. The lowest BCUT2D eigenvalue weighted by Gasteiger charge is -2.19. The van der Waals surface area contributed by atoms with E-state index in [1.54, 1.807) is 11.3 Å². The Kier molecular flexibility index (Phi) is 6.28. The van der Waals surface area contributed by atoms with E-state index in [0.717, 1.165) is 25.9 Å². The molecule has 1 heterocycles. The molecule has 0 spiro atoms. The van der Waals surface area contributed by atoms with E-state index in [9.17, 15) is 4.79 Å². The summed E-state index contributed by atoms with van der Waals surface area (Å²) < 4.78 is 0. The molecule has 4 heteroatoms. The molecule has 0 aliphatic rings. The van der Waals surface area contributed by atoms with Crippen LogP contribution in [0, 0.1) is 0 Å². The largest absolute Gasteiger partial charge is 0.375 e. The Bertz CT molecular complexity index is 525. The molecular formula is C17H22N2OS. The lowest BCUT2D eigenvalue weighted by atomic mass is 10.2. The molecule has 2 aromatic rings. The summed E-state index contributed by atoms with van der Waals surface area (Å²) in [6.45, 7) is 1.68. The molecule has 0 aliphatic carbocycles. The molecule has 21 heavy (non-hydrogen) atoms. The van der Waals surface area contributed by atoms with E-state index in [1.165, 1.54) is 11.3 Å². The van der Waals surface area contributed by atoms with Crippen LogP contribution in [0.2, 0.25) is 0 Å². The average Bonchev–Trinajstić information content (AvgIpc) is 3.03. The van der Waals surface area contributed by atoms with Gasteiger partial charge in [-0.3, -0.25) is 4.79 Å². The Morgan fingerprint density at radius 2 is 2.05 bits per heavy atom. The van der Waals surface area contributed by atoms with Crippen LogP contribution in [0.15, 0.2) is 47.2 Å². The quantitative estimate of drug-likeness (QED) is 0.759. The van der Waals surface area contributed by atoms with Gasteiger partial charge in [-0.1, -0.05) is 18.2 Å². The van der Waals surface area contributed by atoms with Crippen LogP contribution < -0.4 is 10.2 Å². The molecule has 0 bridgehead atoms. The minimum Gasteiger partial charge on any atom is -0.375 e. The second-order valence-corrected chi connectivity index (χ2v) is 5.87. The van der Waals surface area contributed by atoms with E-state index in [1.807, 2.05) is 23.6 Å². The Morgan fingerprint density at radius 1 is 1.24 bits per heavy atom. The number of nitrogens with zero attached hydrogens (tertiary/aromatic N) is 1. The number of hydrogen-bond donors (Lipinski definition) is 1. The number of amides is 1. The molecule has 0 saturated heterocycles. The van der Waals surface area contributed by atoms with Gasteiger partial charge in [0.15, 0.2) is 0 Å². The van der Waals surface area contributed by atoms with Gasteiger partial charge in [-0.2, -0.15) is 11.3 Å². The molecule has 0 aliphatic heterocycles. The fourth-order valence-corrected chi connectivity index (χ4v) is 2.84. The predicted octanol–water partition coefficient (Wildman–Crippen LogP) is 3.32. The summed E-state index contributed by atoms with van der Waals surface area (Å²) in [5.74, 6) is 0.142. The van der Waals surface area contributed by atoms with Gasteiger partial charge < -0.3 is 10.2 Å². The molecular weight excluding hydrogens is 280 g/mol. The number of aryl methyl sites for hydroxylation is 1. The van der Waals surface area contributed by atoms with Crippen LogP contribution in [0.5, 0.6) is 0 Å². The van der Waals surface area contributed by atoms with Gasteiger partial charge in [-0.05, 0) is 47.4 Å². The molecule has 2 rings (SSSR count). The third-order valence-electron chi connectivity index (χ3n) is 3.41. The predicted molar refractivity (Wildman–Crippen MR) is 90.0 cm³/mol. The normalized spacial score (nSPS) is 10.3. The number of rotatable bonds is 8. The number of hydrogen-bond acceptors (Lipinski definition) is 3. The molecule has 0 unspecified atom stereocenters. The first-order valence-corrected chi connectivity index (χ1v) is 8.24. The van der Waals surface area contributed by atoms with Crippen LogP contribution in [0.4, 0.5) is 5.69 Å². The second-order valence-electron chi connectivity index (χ2n) is 5.09. The van der Waals surface area contributed by atoms with E-state index in [2.05, 4.69) is 40.8 Å². The summed E-state index contributed by atoms with van der Waals surface area (Å²) in [6.07, 6.45) is 2.36. The van der Waals surface area contributed by atoms with Crippen LogP contribution in [-0.2, 0) is 11.2 Å². The topological polar surface area (TPSA) is 32.3 Å². The molecule has 3 nitrogen and oxygen atoms in total. The van der Waals surface area contributed by atoms with Gasteiger partial charge in [0.05, 0.1) is 0 Å². The van der Waals surface area contributed by atoms with Gasteiger partial charge in [0.25, 0.3) is 0 Å². The second kappa shape index (κ2) is 8.47. The lowest BCUT2D eigenvalue weighted by molar-refractivity contribution is -0.121. The molecule has 1 aromatic heterocycles. The minimum absolute atomic E-state index is 0.142. The maximum atomic E-state index is 11.7. The number of carbonyl (C=O) groups is 1. The SMILES string of the molecule is CN(CCCNC(=O)CCc1ccsc1)c1ccccc1. The molecule has 0 atom stereocenters. The van der Waals surface area contributed by atoms with Crippen molar-refractivity contribution in [2.45, 2.75) is 19.3 Å². The molecule has 0 radical (unpaired) electrons. The highest BCUT2D eigenvalue weighted by molar-refractivity contribution is 7.07. The van der Waals surface area contributed by atoms with Crippen molar-refractivity contribution in [2.75, 3.05) is 25.0 Å². The van der Waals surface area contributed by atoms with Crippen LogP contribution in [0.25, 0.3) is 0 Å². The average molecular weight is 302 g/mol. The van der Waals surface area contributed by atoms with E-state index in [4.69, 9.17) is 0 Å². The Morgan fingerprint density at radius 3 is 2.76 bits per heavy atom. The summed E-state index contributed by atoms with van der Waals surface area (Å²) in [4.78, 5) is 13.9. The molecule has 1 amide bonds. The highest BCUT2D eigenvalue weighted by Crippen LogP contribution is 2.11. The minimum atomic E-state index is 0.142.